The van der Waals surface area contributed by atoms with Crippen LogP contribution < -0.4 is 4.31 Å². The first-order valence-corrected chi connectivity index (χ1v) is 12.6. The average Bonchev–Trinajstić information content (AvgIpc) is 3.31. The number of halogens is 7. The van der Waals surface area contributed by atoms with E-state index in [2.05, 4.69) is 10.2 Å². The van der Waals surface area contributed by atoms with Gasteiger partial charge < -0.3 is 14.6 Å². The second-order valence-corrected chi connectivity index (χ2v) is 10.9. The number of anilines is 1. The first kappa shape index (κ1) is 29.0. The summed E-state index contributed by atoms with van der Waals surface area (Å²) in [7, 11) is -2.09. The van der Waals surface area contributed by atoms with Gasteiger partial charge in [-0.05, 0) is 62.6 Å². The van der Waals surface area contributed by atoms with Crippen LogP contribution in [-0.2, 0) is 35.0 Å². The molecule has 0 saturated carbocycles. The van der Waals surface area contributed by atoms with E-state index >= 15 is 0 Å². The molecule has 1 aromatic heterocycles. The lowest BCUT2D eigenvalue weighted by Gasteiger charge is -2.38. The van der Waals surface area contributed by atoms with Crippen molar-refractivity contribution >= 4 is 16.7 Å². The number of nitrogens with zero attached hydrogens (tertiary/aromatic N) is 3. The second-order valence-electron chi connectivity index (χ2n) is 9.53. The van der Waals surface area contributed by atoms with Crippen LogP contribution in [-0.4, -0.2) is 43.0 Å². The Kier molecular flexibility index (Phi) is 7.32. The third-order valence-corrected chi connectivity index (χ3v) is 7.76. The summed E-state index contributed by atoms with van der Waals surface area (Å²) in [5, 5.41) is 27.6. The lowest BCUT2D eigenvalue weighted by molar-refractivity contribution is -0.376. The van der Waals surface area contributed by atoms with Crippen molar-refractivity contribution in [3.8, 4) is 0 Å². The summed E-state index contributed by atoms with van der Waals surface area (Å²) in [4.78, 5) is 0.114. The highest BCUT2D eigenvalue weighted by molar-refractivity contribution is 7.86. The molecular weight excluding hydrogens is 559 g/mol. The van der Waals surface area contributed by atoms with Gasteiger partial charge in [0.15, 0.2) is 11.0 Å². The zero-order chi connectivity index (χ0) is 29.0. The SMILES string of the molecule is CC(C)(O)c1nnc(C[C@@H]2CCc3cc(C(O)(C(F)(F)F)C(F)(F)F)ccc3N2S(=O)c2ccc(F)cc2)o1. The molecule has 1 aliphatic heterocycles. The van der Waals surface area contributed by atoms with Gasteiger partial charge in [0.25, 0.3) is 5.60 Å². The van der Waals surface area contributed by atoms with E-state index in [0.29, 0.717) is 12.1 Å². The lowest BCUT2D eigenvalue weighted by atomic mass is 9.87. The van der Waals surface area contributed by atoms with Gasteiger partial charge in [-0.3, -0.25) is 4.31 Å². The van der Waals surface area contributed by atoms with Crippen LogP contribution in [0.3, 0.4) is 0 Å². The first-order chi connectivity index (χ1) is 17.9. The molecule has 0 spiro atoms. The summed E-state index contributed by atoms with van der Waals surface area (Å²) >= 11 is 0. The molecule has 1 unspecified atom stereocenters. The van der Waals surface area contributed by atoms with Crippen LogP contribution in [0.25, 0.3) is 0 Å². The third-order valence-electron chi connectivity index (χ3n) is 6.23. The summed E-state index contributed by atoms with van der Waals surface area (Å²) in [5.74, 6) is -0.662. The summed E-state index contributed by atoms with van der Waals surface area (Å²) in [6.45, 7) is 2.83. The van der Waals surface area contributed by atoms with E-state index in [1.165, 1.54) is 30.3 Å². The molecule has 212 valence electrons. The van der Waals surface area contributed by atoms with Crippen molar-refractivity contribution in [3.05, 3.63) is 71.2 Å². The van der Waals surface area contributed by atoms with Crippen LogP contribution in [0.5, 0.6) is 0 Å². The quantitative estimate of drug-likeness (QED) is 0.405. The largest absolute Gasteiger partial charge is 0.430 e. The predicted octanol–water partition coefficient (Wildman–Crippen LogP) is 4.84. The molecule has 2 aromatic carbocycles. The molecule has 0 amide bonds. The molecular formula is C24H22F7N3O4S. The lowest BCUT2D eigenvalue weighted by Crippen LogP contribution is -2.54. The van der Waals surface area contributed by atoms with E-state index in [-0.39, 0.29) is 47.2 Å². The maximum Gasteiger partial charge on any atom is 0.430 e. The minimum absolute atomic E-state index is 0.0196. The molecule has 1 aliphatic rings. The smallest absolute Gasteiger partial charge is 0.422 e. The van der Waals surface area contributed by atoms with Crippen molar-refractivity contribution in [1.82, 2.24) is 10.2 Å². The van der Waals surface area contributed by atoms with Crippen molar-refractivity contribution in [1.29, 1.82) is 0 Å². The Morgan fingerprint density at radius 1 is 1.00 bits per heavy atom. The van der Waals surface area contributed by atoms with Gasteiger partial charge in [0.2, 0.25) is 11.8 Å². The zero-order valence-electron chi connectivity index (χ0n) is 20.3. The molecule has 0 bridgehead atoms. The number of benzene rings is 2. The highest BCUT2D eigenvalue weighted by Gasteiger charge is 2.71. The monoisotopic (exact) mass is 581 g/mol. The van der Waals surface area contributed by atoms with Crippen LogP contribution in [0.1, 0.15) is 43.2 Å². The van der Waals surface area contributed by atoms with Gasteiger partial charge in [-0.15, -0.1) is 10.2 Å². The normalized spacial score (nSPS) is 17.7. The number of hydrogen-bond donors (Lipinski definition) is 2. The van der Waals surface area contributed by atoms with E-state index in [9.17, 15) is 45.2 Å². The highest BCUT2D eigenvalue weighted by atomic mass is 32.2. The maximum absolute atomic E-state index is 13.6. The van der Waals surface area contributed by atoms with Gasteiger partial charge in [-0.2, -0.15) is 26.3 Å². The number of aliphatic hydroxyl groups is 2. The fourth-order valence-corrected chi connectivity index (χ4v) is 5.61. The molecule has 39 heavy (non-hydrogen) atoms. The van der Waals surface area contributed by atoms with Gasteiger partial charge >= 0.3 is 12.4 Å². The second kappa shape index (κ2) is 9.86. The first-order valence-electron chi connectivity index (χ1n) is 11.4. The summed E-state index contributed by atoms with van der Waals surface area (Å²) in [6, 6.07) is 5.88. The summed E-state index contributed by atoms with van der Waals surface area (Å²) in [6.07, 6.45) is -12.1. The van der Waals surface area contributed by atoms with Crippen LogP contribution >= 0.6 is 0 Å². The van der Waals surface area contributed by atoms with E-state index in [1.807, 2.05) is 0 Å². The molecule has 2 atom stereocenters. The Hall–Kier alpha value is -3.04. The van der Waals surface area contributed by atoms with Gasteiger partial charge in [-0.25, -0.2) is 8.60 Å². The van der Waals surface area contributed by atoms with Crippen molar-refractivity contribution in [2.75, 3.05) is 4.31 Å². The highest BCUT2D eigenvalue weighted by Crippen LogP contribution is 2.51. The molecule has 0 saturated heterocycles. The van der Waals surface area contributed by atoms with Gasteiger partial charge in [0, 0.05) is 12.0 Å². The summed E-state index contributed by atoms with van der Waals surface area (Å²) in [5.41, 5.74) is -7.98. The number of fused-ring (bicyclic) bond motifs is 1. The molecule has 2 heterocycles. The Balaban J connectivity index is 1.79. The number of hydrogen-bond acceptors (Lipinski definition) is 6. The Bertz CT molecular complexity index is 1350. The van der Waals surface area contributed by atoms with Crippen molar-refractivity contribution < 1.29 is 49.6 Å². The van der Waals surface area contributed by atoms with Crippen LogP contribution in [0, 0.1) is 5.82 Å². The van der Waals surface area contributed by atoms with Crippen LogP contribution in [0.4, 0.5) is 36.4 Å². The molecule has 2 N–H and O–H groups in total. The summed E-state index contributed by atoms with van der Waals surface area (Å²) < 4.78 is 115. The third kappa shape index (κ3) is 5.39. The number of aryl methyl sites for hydroxylation is 1. The zero-order valence-corrected chi connectivity index (χ0v) is 21.2. The average molecular weight is 582 g/mol. The molecule has 0 aliphatic carbocycles. The molecule has 15 heteroatoms. The molecule has 7 nitrogen and oxygen atoms in total. The van der Waals surface area contributed by atoms with Gasteiger partial charge in [0.05, 0.1) is 16.6 Å². The van der Waals surface area contributed by atoms with Crippen LogP contribution in [0.2, 0.25) is 0 Å². The van der Waals surface area contributed by atoms with E-state index in [4.69, 9.17) is 4.42 Å². The molecule has 4 rings (SSSR count). The Labute approximate surface area is 219 Å². The molecule has 0 fully saturated rings. The van der Waals surface area contributed by atoms with Crippen molar-refractivity contribution in [2.45, 2.75) is 67.6 Å². The number of alkyl halides is 6. The van der Waals surface area contributed by atoms with Crippen LogP contribution in [0.15, 0.2) is 51.8 Å². The fourth-order valence-electron chi connectivity index (χ4n) is 4.21. The molecule has 0 radical (unpaired) electrons. The van der Waals surface area contributed by atoms with E-state index in [0.717, 1.165) is 18.2 Å². The minimum Gasteiger partial charge on any atom is -0.422 e. The number of aromatic nitrogens is 2. The van der Waals surface area contributed by atoms with Crippen molar-refractivity contribution in [2.24, 2.45) is 0 Å². The number of rotatable bonds is 6. The van der Waals surface area contributed by atoms with Gasteiger partial charge in [0.1, 0.15) is 11.4 Å². The minimum atomic E-state index is -6.07. The van der Waals surface area contributed by atoms with E-state index in [1.54, 1.807) is 0 Å². The Morgan fingerprint density at radius 3 is 2.15 bits per heavy atom. The van der Waals surface area contributed by atoms with Gasteiger partial charge in [-0.1, -0.05) is 12.1 Å². The van der Waals surface area contributed by atoms with E-state index < -0.39 is 52.0 Å². The van der Waals surface area contributed by atoms with Crippen molar-refractivity contribution in [3.63, 3.8) is 0 Å². The standard InChI is InChI=1S/C24H22F7N3O4S/c1-21(2,35)20-33-32-19(38-20)12-16-7-3-13-11-14(22(36,23(26,27)28)24(29,30)31)4-10-18(13)34(16)39(37)17-8-5-15(25)6-9-17/h4-6,8-11,16,35-36H,3,7,12H2,1-2H3/t16-,39?/m0/s1. The fraction of sp³-hybridized carbons (Fsp3) is 0.417. The maximum atomic E-state index is 13.6. The topological polar surface area (TPSA) is 99.7 Å². The predicted molar refractivity (Wildman–Crippen MR) is 123 cm³/mol. The molecule has 3 aromatic rings. The Morgan fingerprint density at radius 2 is 1.62 bits per heavy atom.